The third kappa shape index (κ3) is 3.41. The van der Waals surface area contributed by atoms with Gasteiger partial charge in [0.15, 0.2) is 11.5 Å². The van der Waals surface area contributed by atoms with Crippen LogP contribution in [0.25, 0.3) is 5.65 Å². The number of carbonyl (C=O) groups excluding carboxylic acids is 1. The van der Waals surface area contributed by atoms with Crippen LogP contribution < -0.4 is 4.90 Å². The summed E-state index contributed by atoms with van der Waals surface area (Å²) < 4.78 is 8.23. The molecule has 0 saturated carbocycles. The molecule has 7 nitrogen and oxygen atoms in total. The fourth-order valence-electron chi connectivity index (χ4n) is 2.53. The average Bonchev–Trinajstić information content (AvgIpc) is 2.96. The van der Waals surface area contributed by atoms with E-state index in [1.165, 1.54) is 0 Å². The van der Waals surface area contributed by atoms with Gasteiger partial charge in [0.1, 0.15) is 10.2 Å². The summed E-state index contributed by atoms with van der Waals surface area (Å²) in [7, 11) is 0. The number of imidazole rings is 1. The van der Waals surface area contributed by atoms with E-state index in [2.05, 4.69) is 30.8 Å². The van der Waals surface area contributed by atoms with Gasteiger partial charge in [-0.15, -0.1) is 0 Å². The maximum absolute atomic E-state index is 12.1. The summed E-state index contributed by atoms with van der Waals surface area (Å²) in [5, 5.41) is 0. The van der Waals surface area contributed by atoms with Crippen molar-refractivity contribution in [1.29, 1.82) is 0 Å². The van der Waals surface area contributed by atoms with Gasteiger partial charge in [0.05, 0.1) is 6.20 Å². The number of nitrogens with zero attached hydrogens (tertiary/aromatic N) is 5. The molecule has 0 atom stereocenters. The molecule has 0 radical (unpaired) electrons. The molecule has 0 aliphatic carbocycles. The van der Waals surface area contributed by atoms with E-state index in [0.717, 1.165) is 16.1 Å². The predicted molar refractivity (Wildman–Crippen MR) is 90.7 cm³/mol. The van der Waals surface area contributed by atoms with Crippen LogP contribution in [0, 0.1) is 0 Å². The minimum atomic E-state index is -0.469. The zero-order valence-corrected chi connectivity index (χ0v) is 15.1. The van der Waals surface area contributed by atoms with E-state index < -0.39 is 5.60 Å². The lowest BCUT2D eigenvalue weighted by atomic mass is 10.2. The Kier molecular flexibility index (Phi) is 4.18. The van der Waals surface area contributed by atoms with Gasteiger partial charge in [0, 0.05) is 38.6 Å². The Labute approximate surface area is 143 Å². The molecule has 1 saturated heterocycles. The van der Waals surface area contributed by atoms with Gasteiger partial charge in [-0.1, -0.05) is 0 Å². The van der Waals surface area contributed by atoms with Gasteiger partial charge in [-0.25, -0.2) is 14.8 Å². The standard InChI is InChI=1S/C15H20BrN5O2/c1-15(2,3)23-14(22)20-8-6-19(7-9-20)12-13-17-4-5-21(13)11(16)10-18-12/h4-5,10H,6-9H2,1-3H3. The van der Waals surface area contributed by atoms with Crippen LogP contribution in [0.5, 0.6) is 0 Å². The Morgan fingerprint density at radius 1 is 1.22 bits per heavy atom. The first kappa shape index (κ1) is 16.0. The molecule has 23 heavy (non-hydrogen) atoms. The van der Waals surface area contributed by atoms with Crippen LogP contribution in [0.4, 0.5) is 10.6 Å². The van der Waals surface area contributed by atoms with E-state index in [1.54, 1.807) is 17.3 Å². The largest absolute Gasteiger partial charge is 0.444 e. The molecule has 0 N–H and O–H groups in total. The van der Waals surface area contributed by atoms with Crippen molar-refractivity contribution in [2.45, 2.75) is 26.4 Å². The van der Waals surface area contributed by atoms with Crippen LogP contribution in [0.2, 0.25) is 0 Å². The summed E-state index contributed by atoms with van der Waals surface area (Å²) in [5.74, 6) is 0.835. The van der Waals surface area contributed by atoms with E-state index in [9.17, 15) is 4.79 Å². The minimum Gasteiger partial charge on any atom is -0.444 e. The lowest BCUT2D eigenvalue weighted by molar-refractivity contribution is 0.0240. The van der Waals surface area contributed by atoms with Crippen LogP contribution in [0.1, 0.15) is 20.8 Å². The van der Waals surface area contributed by atoms with Gasteiger partial charge in [-0.05, 0) is 36.7 Å². The van der Waals surface area contributed by atoms with Crippen LogP contribution >= 0.6 is 15.9 Å². The molecule has 0 bridgehead atoms. The lowest BCUT2D eigenvalue weighted by Gasteiger charge is -2.36. The quantitative estimate of drug-likeness (QED) is 0.759. The van der Waals surface area contributed by atoms with Crippen molar-refractivity contribution in [1.82, 2.24) is 19.3 Å². The van der Waals surface area contributed by atoms with Crippen molar-refractivity contribution in [2.75, 3.05) is 31.1 Å². The second-order valence-corrected chi connectivity index (χ2v) is 7.29. The molecular weight excluding hydrogens is 362 g/mol. The van der Waals surface area contributed by atoms with Crippen molar-refractivity contribution in [3.63, 3.8) is 0 Å². The summed E-state index contributed by atoms with van der Waals surface area (Å²) >= 11 is 3.46. The number of piperazine rings is 1. The van der Waals surface area contributed by atoms with Crippen molar-refractivity contribution in [3.05, 3.63) is 23.2 Å². The third-order valence-electron chi connectivity index (χ3n) is 3.60. The van der Waals surface area contributed by atoms with Gasteiger partial charge < -0.3 is 14.5 Å². The molecule has 1 fully saturated rings. The number of anilines is 1. The monoisotopic (exact) mass is 381 g/mol. The highest BCUT2D eigenvalue weighted by Crippen LogP contribution is 2.23. The number of aromatic nitrogens is 3. The van der Waals surface area contributed by atoms with E-state index >= 15 is 0 Å². The zero-order chi connectivity index (χ0) is 16.6. The van der Waals surface area contributed by atoms with Crippen molar-refractivity contribution < 1.29 is 9.53 Å². The number of ether oxygens (including phenoxy) is 1. The highest BCUT2D eigenvalue weighted by atomic mass is 79.9. The number of rotatable bonds is 1. The first-order valence-electron chi connectivity index (χ1n) is 7.55. The molecule has 8 heteroatoms. The molecular formula is C15H20BrN5O2. The fourth-order valence-corrected chi connectivity index (χ4v) is 2.91. The minimum absolute atomic E-state index is 0.258. The molecule has 0 aromatic carbocycles. The highest BCUT2D eigenvalue weighted by Gasteiger charge is 2.27. The van der Waals surface area contributed by atoms with Crippen molar-refractivity contribution in [2.24, 2.45) is 0 Å². The predicted octanol–water partition coefficient (Wildman–Crippen LogP) is 2.55. The van der Waals surface area contributed by atoms with Gasteiger partial charge >= 0.3 is 6.09 Å². The molecule has 2 aromatic rings. The van der Waals surface area contributed by atoms with Crippen LogP contribution in [-0.4, -0.2) is 57.1 Å². The molecule has 2 aromatic heterocycles. The van der Waals surface area contributed by atoms with E-state index in [-0.39, 0.29) is 6.09 Å². The Hall–Kier alpha value is -1.83. The van der Waals surface area contributed by atoms with Crippen LogP contribution in [0.15, 0.2) is 23.2 Å². The van der Waals surface area contributed by atoms with Crippen LogP contribution in [-0.2, 0) is 4.74 Å². The SMILES string of the molecule is CC(C)(C)OC(=O)N1CCN(c2ncc(Br)n3ccnc23)CC1. The summed E-state index contributed by atoms with van der Waals surface area (Å²) in [6.07, 6.45) is 5.15. The summed E-state index contributed by atoms with van der Waals surface area (Å²) in [4.78, 5) is 24.9. The van der Waals surface area contributed by atoms with E-state index in [4.69, 9.17) is 4.74 Å². The second kappa shape index (κ2) is 5.99. The Morgan fingerprint density at radius 3 is 2.57 bits per heavy atom. The summed E-state index contributed by atoms with van der Waals surface area (Å²) in [6.45, 7) is 8.26. The highest BCUT2D eigenvalue weighted by molar-refractivity contribution is 9.10. The lowest BCUT2D eigenvalue weighted by Crippen LogP contribution is -2.50. The smallest absolute Gasteiger partial charge is 0.410 e. The zero-order valence-electron chi connectivity index (χ0n) is 13.5. The molecule has 1 aliphatic rings. The number of halogens is 1. The number of hydrogen-bond acceptors (Lipinski definition) is 5. The number of carbonyl (C=O) groups is 1. The molecule has 1 amide bonds. The third-order valence-corrected chi connectivity index (χ3v) is 4.18. The molecule has 0 unspecified atom stereocenters. The first-order valence-corrected chi connectivity index (χ1v) is 8.35. The van der Waals surface area contributed by atoms with Gasteiger partial charge in [0.2, 0.25) is 0 Å². The molecule has 0 spiro atoms. The first-order chi connectivity index (χ1) is 10.8. The number of fused-ring (bicyclic) bond motifs is 1. The Balaban J connectivity index is 1.70. The summed E-state index contributed by atoms with van der Waals surface area (Å²) in [5.41, 5.74) is 0.342. The maximum atomic E-state index is 12.1. The van der Waals surface area contributed by atoms with Crippen molar-refractivity contribution in [3.8, 4) is 0 Å². The van der Waals surface area contributed by atoms with Gasteiger partial charge in [0.25, 0.3) is 0 Å². The van der Waals surface area contributed by atoms with E-state index in [0.29, 0.717) is 26.2 Å². The molecule has 3 heterocycles. The van der Waals surface area contributed by atoms with Crippen LogP contribution in [0.3, 0.4) is 0 Å². The van der Waals surface area contributed by atoms with E-state index in [1.807, 2.05) is 31.4 Å². The molecule has 124 valence electrons. The average molecular weight is 382 g/mol. The maximum Gasteiger partial charge on any atom is 0.410 e. The topological polar surface area (TPSA) is 63.0 Å². The van der Waals surface area contributed by atoms with Crippen molar-refractivity contribution >= 4 is 33.5 Å². The second-order valence-electron chi connectivity index (χ2n) is 6.48. The van der Waals surface area contributed by atoms with Gasteiger partial charge in [-0.3, -0.25) is 4.40 Å². The van der Waals surface area contributed by atoms with Gasteiger partial charge in [-0.2, -0.15) is 0 Å². The number of amides is 1. The normalized spacial score (nSPS) is 16.0. The number of hydrogen-bond donors (Lipinski definition) is 0. The molecule has 3 rings (SSSR count). The Bertz CT molecular complexity index is 716. The fraction of sp³-hybridized carbons (Fsp3) is 0.533. The summed E-state index contributed by atoms with van der Waals surface area (Å²) in [6, 6.07) is 0. The Morgan fingerprint density at radius 2 is 1.91 bits per heavy atom. The molecule has 1 aliphatic heterocycles.